The Morgan fingerprint density at radius 1 is 1.18 bits per heavy atom. The van der Waals surface area contributed by atoms with Gasteiger partial charge in [-0.3, -0.25) is 4.79 Å². The van der Waals surface area contributed by atoms with E-state index in [1.165, 1.54) is 0 Å². The number of likely N-dealkylation sites (tertiary alicyclic amines) is 1. The first-order chi connectivity index (χ1) is 8.00. The Labute approximate surface area is 102 Å². The Bertz CT molecular complexity index is 394. The quantitative estimate of drug-likeness (QED) is 0.714. The molecule has 0 spiro atoms. The number of nitrogens with two attached hydrogens (primary N) is 1. The van der Waals surface area contributed by atoms with Gasteiger partial charge in [-0.05, 0) is 25.7 Å². The molecule has 0 radical (unpaired) electrons. The second-order valence-electron chi connectivity index (χ2n) is 5.04. The van der Waals surface area contributed by atoms with Crippen molar-refractivity contribution in [1.29, 1.82) is 0 Å². The molecule has 17 heavy (non-hydrogen) atoms. The molecule has 0 aromatic rings. The highest BCUT2D eigenvalue weighted by Crippen LogP contribution is 2.22. The molecule has 2 saturated heterocycles. The topological polar surface area (TPSA) is 80.5 Å². The summed E-state index contributed by atoms with van der Waals surface area (Å²) in [5.74, 6) is -0.0663. The fourth-order valence-corrected chi connectivity index (χ4v) is 4.52. The van der Waals surface area contributed by atoms with Crippen LogP contribution in [0.2, 0.25) is 0 Å². The van der Waals surface area contributed by atoms with E-state index in [-0.39, 0.29) is 17.7 Å². The number of hydrogen-bond donors (Lipinski definition) is 1. The third kappa shape index (κ3) is 2.80. The Kier molecular flexibility index (Phi) is 3.73. The second-order valence-corrected chi connectivity index (χ2v) is 7.34. The van der Waals surface area contributed by atoms with Gasteiger partial charge in [0.15, 0.2) is 9.84 Å². The van der Waals surface area contributed by atoms with E-state index < -0.39 is 15.1 Å². The minimum absolute atomic E-state index is 0.000931. The van der Waals surface area contributed by atoms with Gasteiger partial charge in [-0.25, -0.2) is 8.42 Å². The number of carbonyl (C=O) groups excluding carboxylic acids is 1. The van der Waals surface area contributed by atoms with Gasteiger partial charge < -0.3 is 10.6 Å². The summed E-state index contributed by atoms with van der Waals surface area (Å²) in [4.78, 5) is 13.8. The lowest BCUT2D eigenvalue weighted by Crippen LogP contribution is -2.51. The van der Waals surface area contributed by atoms with Gasteiger partial charge >= 0.3 is 0 Å². The summed E-state index contributed by atoms with van der Waals surface area (Å²) >= 11 is 0. The van der Waals surface area contributed by atoms with Crippen LogP contribution in [0.1, 0.15) is 32.1 Å². The summed E-state index contributed by atoms with van der Waals surface area (Å²) in [5, 5.41) is -0.804. The van der Waals surface area contributed by atoms with Crippen LogP contribution in [-0.2, 0) is 14.6 Å². The van der Waals surface area contributed by atoms with Crippen molar-refractivity contribution in [2.45, 2.75) is 43.4 Å². The summed E-state index contributed by atoms with van der Waals surface area (Å²) in [5.41, 5.74) is 5.82. The molecule has 98 valence electrons. The molecule has 1 amide bonds. The minimum atomic E-state index is -3.22. The number of amides is 1. The molecule has 2 N–H and O–H groups in total. The van der Waals surface area contributed by atoms with Gasteiger partial charge in [-0.2, -0.15) is 0 Å². The van der Waals surface area contributed by atoms with Gasteiger partial charge in [0.05, 0.1) is 5.75 Å². The predicted molar refractivity (Wildman–Crippen MR) is 65.2 cm³/mol. The van der Waals surface area contributed by atoms with Crippen molar-refractivity contribution < 1.29 is 13.2 Å². The monoisotopic (exact) mass is 260 g/mol. The highest BCUT2D eigenvalue weighted by atomic mass is 32.2. The van der Waals surface area contributed by atoms with Crippen LogP contribution in [0.3, 0.4) is 0 Å². The van der Waals surface area contributed by atoms with E-state index in [4.69, 9.17) is 5.73 Å². The number of sulfone groups is 1. The van der Waals surface area contributed by atoms with E-state index in [0.29, 0.717) is 25.9 Å². The molecule has 1 unspecified atom stereocenters. The molecule has 2 fully saturated rings. The molecule has 0 bridgehead atoms. The first-order valence-corrected chi connectivity index (χ1v) is 7.98. The van der Waals surface area contributed by atoms with Crippen molar-refractivity contribution in [2.24, 2.45) is 5.73 Å². The molecule has 0 aromatic carbocycles. The second kappa shape index (κ2) is 4.94. The maximum absolute atomic E-state index is 12.2. The average molecular weight is 260 g/mol. The first-order valence-electron chi connectivity index (χ1n) is 6.26. The standard InChI is InChI=1S/C11H20N2O3S/c12-9-4-3-6-13(8-9)11(14)10-5-1-2-7-17(10,15)16/h9-10H,1-8,12H2/t9-,10?/m1/s1. The van der Waals surface area contributed by atoms with Crippen LogP contribution < -0.4 is 5.73 Å². The summed E-state index contributed by atoms with van der Waals surface area (Å²) in [7, 11) is -3.22. The van der Waals surface area contributed by atoms with Crippen molar-refractivity contribution >= 4 is 15.7 Å². The van der Waals surface area contributed by atoms with E-state index in [9.17, 15) is 13.2 Å². The zero-order chi connectivity index (χ0) is 12.5. The fourth-order valence-electron chi connectivity index (χ4n) is 2.65. The number of piperidine rings is 1. The molecule has 5 nitrogen and oxygen atoms in total. The molecule has 0 aromatic heterocycles. The Hall–Kier alpha value is -0.620. The number of hydrogen-bond acceptors (Lipinski definition) is 4. The number of rotatable bonds is 1. The van der Waals surface area contributed by atoms with Crippen molar-refractivity contribution in [3.8, 4) is 0 Å². The third-order valence-corrected chi connectivity index (χ3v) is 5.79. The van der Waals surface area contributed by atoms with Crippen molar-refractivity contribution in [3.63, 3.8) is 0 Å². The largest absolute Gasteiger partial charge is 0.340 e. The third-order valence-electron chi connectivity index (χ3n) is 3.62. The van der Waals surface area contributed by atoms with E-state index in [1.54, 1.807) is 4.90 Å². The van der Waals surface area contributed by atoms with Crippen LogP contribution in [0.5, 0.6) is 0 Å². The molecular formula is C11H20N2O3S. The Morgan fingerprint density at radius 2 is 1.94 bits per heavy atom. The van der Waals surface area contributed by atoms with Gasteiger partial charge in [-0.15, -0.1) is 0 Å². The van der Waals surface area contributed by atoms with Crippen LogP contribution in [0.4, 0.5) is 0 Å². The smallest absolute Gasteiger partial charge is 0.240 e. The van der Waals surface area contributed by atoms with Gasteiger partial charge in [0.25, 0.3) is 0 Å². The minimum Gasteiger partial charge on any atom is -0.340 e. The summed E-state index contributed by atoms with van der Waals surface area (Å²) < 4.78 is 23.7. The van der Waals surface area contributed by atoms with Gasteiger partial charge in [0, 0.05) is 19.1 Å². The molecule has 2 aliphatic heterocycles. The van der Waals surface area contributed by atoms with Gasteiger partial charge in [0.1, 0.15) is 5.25 Å². The van der Waals surface area contributed by atoms with Crippen LogP contribution in [-0.4, -0.2) is 49.4 Å². The van der Waals surface area contributed by atoms with E-state index in [0.717, 1.165) is 19.3 Å². The van der Waals surface area contributed by atoms with Crippen LogP contribution in [0, 0.1) is 0 Å². The maximum atomic E-state index is 12.2. The van der Waals surface area contributed by atoms with Crippen molar-refractivity contribution in [1.82, 2.24) is 4.90 Å². The summed E-state index contributed by atoms with van der Waals surface area (Å²) in [6.07, 6.45) is 3.79. The number of carbonyl (C=O) groups is 1. The zero-order valence-corrected chi connectivity index (χ0v) is 10.8. The highest BCUT2D eigenvalue weighted by Gasteiger charge is 2.38. The van der Waals surface area contributed by atoms with E-state index in [1.807, 2.05) is 0 Å². The molecule has 2 heterocycles. The molecule has 2 rings (SSSR count). The lowest BCUT2D eigenvalue weighted by molar-refractivity contribution is -0.132. The summed E-state index contributed by atoms with van der Waals surface area (Å²) in [6.45, 7) is 1.16. The molecule has 2 aliphatic rings. The van der Waals surface area contributed by atoms with E-state index >= 15 is 0 Å². The first kappa shape index (κ1) is 12.8. The zero-order valence-electron chi connectivity index (χ0n) is 9.97. The van der Waals surface area contributed by atoms with Crippen LogP contribution in [0.25, 0.3) is 0 Å². The SMILES string of the molecule is N[C@@H]1CCCN(C(=O)C2CCCCS2(=O)=O)C1. The average Bonchev–Trinajstić information content (AvgIpc) is 2.27. The lowest BCUT2D eigenvalue weighted by atomic mass is 10.1. The predicted octanol–water partition coefficient (Wildman–Crippen LogP) is -0.0966. The molecule has 6 heteroatoms. The maximum Gasteiger partial charge on any atom is 0.240 e. The Balaban J connectivity index is 2.08. The van der Waals surface area contributed by atoms with E-state index in [2.05, 4.69) is 0 Å². The lowest BCUT2D eigenvalue weighted by Gasteiger charge is -2.34. The molecule has 0 aliphatic carbocycles. The molecular weight excluding hydrogens is 240 g/mol. The fraction of sp³-hybridized carbons (Fsp3) is 0.909. The number of nitrogens with zero attached hydrogens (tertiary/aromatic N) is 1. The van der Waals surface area contributed by atoms with Crippen molar-refractivity contribution in [3.05, 3.63) is 0 Å². The molecule has 2 atom stereocenters. The summed E-state index contributed by atoms with van der Waals surface area (Å²) in [6, 6.07) is -0.000931. The normalized spacial score (nSPS) is 33.4. The van der Waals surface area contributed by atoms with Gasteiger partial charge in [0.2, 0.25) is 5.91 Å². The van der Waals surface area contributed by atoms with Crippen molar-refractivity contribution in [2.75, 3.05) is 18.8 Å². The Morgan fingerprint density at radius 3 is 2.59 bits per heavy atom. The van der Waals surface area contributed by atoms with Crippen LogP contribution >= 0.6 is 0 Å². The van der Waals surface area contributed by atoms with Crippen LogP contribution in [0.15, 0.2) is 0 Å². The van der Waals surface area contributed by atoms with Gasteiger partial charge in [-0.1, -0.05) is 6.42 Å². The molecule has 0 saturated carbocycles. The highest BCUT2D eigenvalue weighted by molar-refractivity contribution is 7.92.